The molecule has 0 saturated carbocycles. The van der Waals surface area contributed by atoms with Gasteiger partial charge < -0.3 is 9.84 Å². The van der Waals surface area contributed by atoms with Gasteiger partial charge in [0.15, 0.2) is 0 Å². The first-order chi connectivity index (χ1) is 10.7. The number of benzene rings is 2. The van der Waals surface area contributed by atoms with Gasteiger partial charge in [-0.2, -0.15) is 5.26 Å². The summed E-state index contributed by atoms with van der Waals surface area (Å²) in [4.78, 5) is 11.3. The molecule has 0 atom stereocenters. The molecule has 0 aromatic heterocycles. The van der Waals surface area contributed by atoms with E-state index in [1.165, 1.54) is 6.08 Å². The average Bonchev–Trinajstić information content (AvgIpc) is 2.56. The fraction of sp³-hybridized carbons (Fsp3) is 0. The Morgan fingerprint density at radius 3 is 2.18 bits per heavy atom. The van der Waals surface area contributed by atoms with E-state index in [0.717, 1.165) is 5.56 Å². The van der Waals surface area contributed by atoms with Crippen LogP contribution in [0.1, 0.15) is 5.56 Å². The Labute approximate surface area is 128 Å². The highest BCUT2D eigenvalue weighted by molar-refractivity contribution is 5.88. The molecule has 0 aliphatic carbocycles. The molecular weight excluding hydrogens is 278 g/mol. The monoisotopic (exact) mass is 291 g/mol. The molecule has 0 amide bonds. The lowest BCUT2D eigenvalue weighted by Crippen LogP contribution is -2.10. The number of aliphatic carboxylic acids is 1. The maximum absolute atomic E-state index is 11.3. The van der Waals surface area contributed by atoms with Crippen LogP contribution in [0.5, 0.6) is 5.75 Å². The quantitative estimate of drug-likeness (QED) is 0.395. The van der Waals surface area contributed by atoms with E-state index in [1.807, 2.05) is 36.4 Å². The molecule has 0 unspecified atom stereocenters. The molecule has 0 aliphatic rings. The van der Waals surface area contributed by atoms with Gasteiger partial charge in [0.2, 0.25) is 5.76 Å². The third kappa shape index (κ3) is 4.09. The molecule has 0 fully saturated rings. The molecule has 0 saturated heterocycles. The minimum absolute atomic E-state index is 0.0554. The van der Waals surface area contributed by atoms with Crippen molar-refractivity contribution < 1.29 is 14.6 Å². The number of nitriles is 1. The highest BCUT2D eigenvalue weighted by Gasteiger charge is 2.15. The number of para-hydroxylation sites is 1. The van der Waals surface area contributed by atoms with Crippen molar-refractivity contribution in [1.82, 2.24) is 0 Å². The summed E-state index contributed by atoms with van der Waals surface area (Å²) < 4.78 is 5.32. The molecule has 0 bridgehead atoms. The van der Waals surface area contributed by atoms with Crippen molar-refractivity contribution in [2.75, 3.05) is 0 Å². The van der Waals surface area contributed by atoms with Gasteiger partial charge in [-0.05, 0) is 23.8 Å². The SMILES string of the molecule is N#CC(C=Cc1ccccc1)=C(Oc1ccccc1)C(=O)O. The molecule has 22 heavy (non-hydrogen) atoms. The molecule has 0 aliphatic heterocycles. The lowest BCUT2D eigenvalue weighted by molar-refractivity contribution is -0.135. The van der Waals surface area contributed by atoms with Gasteiger partial charge in [-0.15, -0.1) is 0 Å². The van der Waals surface area contributed by atoms with Crippen molar-refractivity contribution in [2.24, 2.45) is 0 Å². The molecule has 1 N–H and O–H groups in total. The van der Waals surface area contributed by atoms with Gasteiger partial charge in [0.05, 0.1) is 0 Å². The Hall–Kier alpha value is -3.32. The lowest BCUT2D eigenvalue weighted by atomic mass is 10.1. The molecule has 0 heterocycles. The van der Waals surface area contributed by atoms with Gasteiger partial charge in [0.25, 0.3) is 0 Å². The number of ether oxygens (including phenoxy) is 1. The number of carbonyl (C=O) groups is 1. The van der Waals surface area contributed by atoms with Crippen LogP contribution in [0.4, 0.5) is 0 Å². The van der Waals surface area contributed by atoms with E-state index in [-0.39, 0.29) is 5.57 Å². The largest absolute Gasteiger partial charge is 0.475 e. The molecule has 4 heteroatoms. The van der Waals surface area contributed by atoms with Crippen molar-refractivity contribution in [3.05, 3.63) is 83.6 Å². The third-order valence-corrected chi connectivity index (χ3v) is 2.76. The van der Waals surface area contributed by atoms with Gasteiger partial charge >= 0.3 is 5.97 Å². The van der Waals surface area contributed by atoms with E-state index in [2.05, 4.69) is 0 Å². The van der Waals surface area contributed by atoms with Crippen molar-refractivity contribution in [3.63, 3.8) is 0 Å². The smallest absolute Gasteiger partial charge is 0.373 e. The van der Waals surface area contributed by atoms with Crippen molar-refractivity contribution in [2.45, 2.75) is 0 Å². The van der Waals surface area contributed by atoms with E-state index in [0.29, 0.717) is 5.75 Å². The summed E-state index contributed by atoms with van der Waals surface area (Å²) in [7, 11) is 0. The summed E-state index contributed by atoms with van der Waals surface area (Å²) in [6.07, 6.45) is 3.09. The predicted molar refractivity (Wildman–Crippen MR) is 82.8 cm³/mol. The van der Waals surface area contributed by atoms with E-state index >= 15 is 0 Å². The van der Waals surface area contributed by atoms with Gasteiger partial charge in [-0.3, -0.25) is 0 Å². The zero-order valence-electron chi connectivity index (χ0n) is 11.6. The summed E-state index contributed by atoms with van der Waals surface area (Å²) in [5, 5.41) is 18.5. The fourth-order valence-corrected chi connectivity index (χ4v) is 1.73. The lowest BCUT2D eigenvalue weighted by Gasteiger charge is -2.06. The second-order valence-corrected chi connectivity index (χ2v) is 4.32. The standard InChI is InChI=1S/C18H13NO3/c19-13-15(12-11-14-7-3-1-4-8-14)17(18(20)21)22-16-9-5-2-6-10-16/h1-12H,(H,20,21). The third-order valence-electron chi connectivity index (χ3n) is 2.76. The summed E-state index contributed by atoms with van der Waals surface area (Å²) >= 11 is 0. The molecule has 4 nitrogen and oxygen atoms in total. The molecule has 2 rings (SSSR count). The number of rotatable bonds is 5. The average molecular weight is 291 g/mol. The first-order valence-electron chi connectivity index (χ1n) is 6.54. The van der Waals surface area contributed by atoms with E-state index in [9.17, 15) is 15.2 Å². The van der Waals surface area contributed by atoms with Crippen molar-refractivity contribution in [1.29, 1.82) is 5.26 Å². The van der Waals surface area contributed by atoms with Crippen LogP contribution in [0.15, 0.2) is 78.1 Å². The van der Waals surface area contributed by atoms with E-state index in [4.69, 9.17) is 4.74 Å². The van der Waals surface area contributed by atoms with Crippen LogP contribution in [-0.2, 0) is 4.79 Å². The van der Waals surface area contributed by atoms with Crippen LogP contribution in [0.3, 0.4) is 0 Å². The zero-order chi connectivity index (χ0) is 15.8. The highest BCUT2D eigenvalue weighted by Crippen LogP contribution is 2.17. The molecule has 2 aromatic rings. The van der Waals surface area contributed by atoms with Crippen molar-refractivity contribution >= 4 is 12.0 Å². The summed E-state index contributed by atoms with van der Waals surface area (Å²) in [6, 6.07) is 19.6. The number of hydrogen-bond acceptors (Lipinski definition) is 3. The molecule has 0 radical (unpaired) electrons. The van der Waals surface area contributed by atoms with E-state index in [1.54, 1.807) is 36.4 Å². The minimum atomic E-state index is -1.29. The Kier molecular flexibility index (Phi) is 5.11. The van der Waals surface area contributed by atoms with Crippen LogP contribution < -0.4 is 4.74 Å². The van der Waals surface area contributed by atoms with Crippen molar-refractivity contribution in [3.8, 4) is 11.8 Å². The Morgan fingerprint density at radius 2 is 1.64 bits per heavy atom. The Morgan fingerprint density at radius 1 is 1.05 bits per heavy atom. The van der Waals surface area contributed by atoms with Gasteiger partial charge in [-0.25, -0.2) is 4.79 Å². The molecule has 108 valence electrons. The van der Waals surface area contributed by atoms with Gasteiger partial charge in [0.1, 0.15) is 17.4 Å². The van der Waals surface area contributed by atoms with Gasteiger partial charge in [0, 0.05) is 0 Å². The Balaban J connectivity index is 2.33. The topological polar surface area (TPSA) is 70.3 Å². The minimum Gasteiger partial charge on any atom is -0.475 e. The van der Waals surface area contributed by atoms with Crippen LogP contribution >= 0.6 is 0 Å². The van der Waals surface area contributed by atoms with Crippen LogP contribution in [0, 0.1) is 11.3 Å². The maximum Gasteiger partial charge on any atom is 0.373 e. The number of nitrogens with zero attached hydrogens (tertiary/aromatic N) is 1. The number of carboxylic acid groups (broad SMARTS) is 1. The first-order valence-corrected chi connectivity index (χ1v) is 6.54. The molecular formula is C18H13NO3. The maximum atomic E-state index is 11.3. The van der Waals surface area contributed by atoms with Crippen LogP contribution in [-0.4, -0.2) is 11.1 Å². The predicted octanol–water partition coefficient (Wildman–Crippen LogP) is 3.64. The highest BCUT2D eigenvalue weighted by atomic mass is 16.5. The van der Waals surface area contributed by atoms with Crippen LogP contribution in [0.25, 0.3) is 6.08 Å². The molecule has 0 spiro atoms. The van der Waals surface area contributed by atoms with Crippen LogP contribution in [0.2, 0.25) is 0 Å². The second kappa shape index (κ2) is 7.46. The molecule has 2 aromatic carbocycles. The zero-order valence-corrected chi connectivity index (χ0v) is 11.6. The fourth-order valence-electron chi connectivity index (χ4n) is 1.73. The first kappa shape index (κ1) is 15.1. The number of hydrogen-bond donors (Lipinski definition) is 1. The Bertz CT molecular complexity index is 741. The number of allylic oxidation sites excluding steroid dienone is 2. The van der Waals surface area contributed by atoms with E-state index < -0.39 is 11.7 Å². The summed E-state index contributed by atoms with van der Waals surface area (Å²) in [5.74, 6) is -1.33. The normalized spacial score (nSPS) is 11.6. The van der Waals surface area contributed by atoms with Gasteiger partial charge in [-0.1, -0.05) is 54.6 Å². The summed E-state index contributed by atoms with van der Waals surface area (Å²) in [6.45, 7) is 0. The summed E-state index contributed by atoms with van der Waals surface area (Å²) in [5.41, 5.74) is 0.805. The number of carboxylic acids is 1. The second-order valence-electron chi connectivity index (χ2n) is 4.32.